The van der Waals surface area contributed by atoms with Crippen molar-refractivity contribution < 1.29 is 0 Å². The zero-order chi connectivity index (χ0) is 19.3. The third-order valence-corrected chi connectivity index (χ3v) is 15.3. The molecule has 0 heterocycles. The normalized spacial score (nSPS) is 45.0. The molecule has 3 aliphatic rings. The Balaban J connectivity index is 1.73. The molecule has 0 saturated heterocycles. The lowest BCUT2D eigenvalue weighted by Crippen LogP contribution is -2.45. The fourth-order valence-corrected chi connectivity index (χ4v) is 15.2. The number of benzene rings is 1. The molecule has 3 fully saturated rings. The largest absolute Gasteiger partial charge is 0.0689 e. The van der Waals surface area contributed by atoms with E-state index >= 15 is 0 Å². The van der Waals surface area contributed by atoms with Crippen molar-refractivity contribution in [2.75, 3.05) is 0 Å². The van der Waals surface area contributed by atoms with Gasteiger partial charge in [-0.05, 0) is 64.5 Å². The number of rotatable bonds is 3. The van der Waals surface area contributed by atoms with E-state index in [1.165, 1.54) is 32.1 Å². The predicted octanol–water partition coefficient (Wildman–Crippen LogP) is 7.99. The molecule has 3 saturated carbocycles. The van der Waals surface area contributed by atoms with E-state index in [1.54, 1.807) is 5.56 Å². The van der Waals surface area contributed by atoms with Crippen molar-refractivity contribution in [1.82, 2.24) is 0 Å². The Hall–Kier alpha value is -0.563. The van der Waals surface area contributed by atoms with Crippen LogP contribution in [0, 0.1) is 35.5 Å². The van der Waals surface area contributed by atoms with Crippen LogP contribution in [0.5, 0.6) is 0 Å². The summed E-state index contributed by atoms with van der Waals surface area (Å²) < 4.78 is 0. The van der Waals surface area contributed by atoms with Crippen LogP contribution in [0.25, 0.3) is 0 Å². The molecule has 0 bridgehead atoms. The lowest BCUT2D eigenvalue weighted by molar-refractivity contribution is 0.272. The molecule has 0 N–H and O–H groups in total. The molecule has 0 aliphatic heterocycles. The summed E-state index contributed by atoms with van der Waals surface area (Å²) in [4.78, 5) is 0. The molecule has 1 aromatic carbocycles. The highest BCUT2D eigenvalue weighted by molar-refractivity contribution is 6.80. The first kappa shape index (κ1) is 19.7. The van der Waals surface area contributed by atoms with E-state index in [1.807, 2.05) is 0 Å². The third-order valence-electron chi connectivity index (χ3n) is 9.99. The summed E-state index contributed by atoms with van der Waals surface area (Å²) >= 11 is 0. The Kier molecular flexibility index (Phi) is 5.38. The molecule has 4 rings (SSSR count). The fourth-order valence-electron chi connectivity index (χ4n) is 8.55. The van der Waals surface area contributed by atoms with Crippen molar-refractivity contribution in [3.05, 3.63) is 35.9 Å². The van der Waals surface area contributed by atoms with Crippen LogP contribution in [-0.2, 0) is 0 Å². The van der Waals surface area contributed by atoms with E-state index in [0.717, 1.165) is 52.5 Å². The molecule has 0 spiro atoms. The maximum absolute atomic E-state index is 2.81. The van der Waals surface area contributed by atoms with E-state index < -0.39 is 8.07 Å². The Labute approximate surface area is 169 Å². The Morgan fingerprint density at radius 3 is 1.96 bits per heavy atom. The van der Waals surface area contributed by atoms with Crippen LogP contribution in [-0.4, -0.2) is 8.07 Å². The number of hydrogen-bond donors (Lipinski definition) is 0. The average molecular weight is 383 g/mol. The molecule has 0 nitrogen and oxygen atoms in total. The van der Waals surface area contributed by atoms with Gasteiger partial charge in [-0.2, -0.15) is 0 Å². The van der Waals surface area contributed by atoms with Gasteiger partial charge in [0.05, 0.1) is 8.07 Å². The van der Waals surface area contributed by atoms with Gasteiger partial charge in [0, 0.05) is 0 Å². The Bertz CT molecular complexity index is 621. The van der Waals surface area contributed by atoms with Crippen LogP contribution >= 0.6 is 0 Å². The first-order valence-corrected chi connectivity index (χ1v) is 15.0. The molecule has 0 aromatic heterocycles. The van der Waals surface area contributed by atoms with E-state index in [9.17, 15) is 0 Å². The van der Waals surface area contributed by atoms with Gasteiger partial charge in [0.1, 0.15) is 0 Å². The molecule has 27 heavy (non-hydrogen) atoms. The first-order valence-electron chi connectivity index (χ1n) is 11.9. The standard InChI is InChI=1S/C26H42Si/c1-17-18(2)20(4)25(19(17)3)27(5,6)26-23-15-11-10-14-22(23)16-24(26)21-12-8-7-9-13-21/h7-9,12-13,17-20,22-26H,10-11,14-16H2,1-6H3. The summed E-state index contributed by atoms with van der Waals surface area (Å²) in [5, 5.41) is 0. The van der Waals surface area contributed by atoms with Gasteiger partial charge in [-0.15, -0.1) is 0 Å². The van der Waals surface area contributed by atoms with Crippen molar-refractivity contribution in [3.63, 3.8) is 0 Å². The van der Waals surface area contributed by atoms with Gasteiger partial charge in [-0.3, -0.25) is 0 Å². The van der Waals surface area contributed by atoms with E-state index in [2.05, 4.69) is 71.1 Å². The topological polar surface area (TPSA) is 0 Å². The highest BCUT2D eigenvalue weighted by Gasteiger charge is 2.58. The van der Waals surface area contributed by atoms with Crippen molar-refractivity contribution in [2.45, 2.75) is 89.9 Å². The third kappa shape index (κ3) is 3.17. The van der Waals surface area contributed by atoms with E-state index in [-0.39, 0.29) is 0 Å². The minimum Gasteiger partial charge on any atom is -0.0689 e. The average Bonchev–Trinajstić information content (AvgIpc) is 3.15. The summed E-state index contributed by atoms with van der Waals surface area (Å²) in [6.07, 6.45) is 7.50. The molecule has 0 radical (unpaired) electrons. The Morgan fingerprint density at radius 2 is 1.33 bits per heavy atom. The minimum atomic E-state index is -1.40. The lowest BCUT2D eigenvalue weighted by Gasteiger charge is -2.47. The van der Waals surface area contributed by atoms with Gasteiger partial charge in [-0.1, -0.05) is 96.8 Å². The summed E-state index contributed by atoms with van der Waals surface area (Å²) in [5.41, 5.74) is 3.66. The van der Waals surface area contributed by atoms with Crippen LogP contribution in [0.2, 0.25) is 24.2 Å². The summed E-state index contributed by atoms with van der Waals surface area (Å²) in [7, 11) is -1.40. The van der Waals surface area contributed by atoms with Gasteiger partial charge in [0.25, 0.3) is 0 Å². The van der Waals surface area contributed by atoms with E-state index in [0.29, 0.717) is 0 Å². The molecule has 8 atom stereocenters. The second-order valence-corrected chi connectivity index (χ2v) is 16.2. The molecule has 150 valence electrons. The summed E-state index contributed by atoms with van der Waals surface area (Å²) in [6.45, 7) is 15.9. The lowest BCUT2D eigenvalue weighted by atomic mass is 9.82. The maximum atomic E-state index is 2.81. The maximum Gasteiger partial charge on any atom is 0.0550 e. The van der Waals surface area contributed by atoms with Gasteiger partial charge >= 0.3 is 0 Å². The Morgan fingerprint density at radius 1 is 0.741 bits per heavy atom. The van der Waals surface area contributed by atoms with Crippen LogP contribution in [0.1, 0.15) is 71.3 Å². The van der Waals surface area contributed by atoms with Crippen molar-refractivity contribution >= 4 is 8.07 Å². The molecule has 1 aromatic rings. The van der Waals surface area contributed by atoms with Gasteiger partial charge in [-0.25, -0.2) is 0 Å². The molecule has 1 heteroatoms. The van der Waals surface area contributed by atoms with Gasteiger partial charge in [0.2, 0.25) is 0 Å². The molecule has 0 amide bonds. The minimum absolute atomic E-state index is 0.839. The van der Waals surface area contributed by atoms with Crippen LogP contribution in [0.3, 0.4) is 0 Å². The zero-order valence-electron chi connectivity index (χ0n) is 18.6. The number of fused-ring (bicyclic) bond motifs is 1. The van der Waals surface area contributed by atoms with Crippen LogP contribution in [0.15, 0.2) is 30.3 Å². The van der Waals surface area contributed by atoms with Crippen LogP contribution < -0.4 is 0 Å². The van der Waals surface area contributed by atoms with Crippen molar-refractivity contribution in [2.24, 2.45) is 35.5 Å². The summed E-state index contributed by atoms with van der Waals surface area (Å²) in [5.74, 6) is 6.50. The quantitative estimate of drug-likeness (QED) is 0.465. The second kappa shape index (κ2) is 7.36. The van der Waals surface area contributed by atoms with Crippen LogP contribution in [0.4, 0.5) is 0 Å². The van der Waals surface area contributed by atoms with Crippen molar-refractivity contribution in [3.8, 4) is 0 Å². The zero-order valence-corrected chi connectivity index (χ0v) is 19.6. The number of hydrogen-bond acceptors (Lipinski definition) is 0. The molecular formula is C26H42Si. The smallest absolute Gasteiger partial charge is 0.0550 e. The first-order chi connectivity index (χ1) is 12.8. The van der Waals surface area contributed by atoms with E-state index in [4.69, 9.17) is 0 Å². The molecule has 3 aliphatic carbocycles. The predicted molar refractivity (Wildman–Crippen MR) is 121 cm³/mol. The second-order valence-electron chi connectivity index (χ2n) is 11.3. The fraction of sp³-hybridized carbons (Fsp3) is 0.769. The van der Waals surface area contributed by atoms with Gasteiger partial charge in [0.15, 0.2) is 0 Å². The monoisotopic (exact) mass is 382 g/mol. The SMILES string of the molecule is CC1C(C)C(C)C([Si](C)(C)C2C(c3ccccc3)CC3CCCCC32)C1C. The van der Waals surface area contributed by atoms with Gasteiger partial charge < -0.3 is 0 Å². The highest BCUT2D eigenvalue weighted by atomic mass is 28.3. The van der Waals surface area contributed by atoms with Crippen molar-refractivity contribution in [1.29, 1.82) is 0 Å². The molecular weight excluding hydrogens is 340 g/mol. The molecule has 8 unspecified atom stereocenters. The highest BCUT2D eigenvalue weighted by Crippen LogP contribution is 2.65. The summed E-state index contributed by atoms with van der Waals surface area (Å²) in [6, 6.07) is 11.7.